The van der Waals surface area contributed by atoms with E-state index in [1.807, 2.05) is 17.4 Å². The van der Waals surface area contributed by atoms with Crippen LogP contribution in [0.2, 0.25) is 0 Å². The van der Waals surface area contributed by atoms with E-state index in [-0.39, 0.29) is 0 Å². The van der Waals surface area contributed by atoms with Gasteiger partial charge in [-0.05, 0) is 74.6 Å². The first kappa shape index (κ1) is 28.8. The van der Waals surface area contributed by atoms with Crippen LogP contribution in [0.5, 0.6) is 0 Å². The molecule has 2 aromatic heterocycles. The van der Waals surface area contributed by atoms with Gasteiger partial charge in [-0.3, -0.25) is 0 Å². The predicted molar refractivity (Wildman–Crippen MR) is 214 cm³/mol. The van der Waals surface area contributed by atoms with Gasteiger partial charge in [0.05, 0.1) is 11.4 Å². The number of aryl methyl sites for hydroxylation is 1. The lowest BCUT2D eigenvalue weighted by atomic mass is 9.92. The molecule has 0 aliphatic heterocycles. The highest BCUT2D eigenvalue weighted by Gasteiger charge is 2.18. The Kier molecular flexibility index (Phi) is 6.61. The molecule has 0 bridgehead atoms. The Morgan fingerprint density at radius 2 is 0.980 bits per heavy atom. The molecule has 0 atom stereocenters. The van der Waals surface area contributed by atoms with Crippen molar-refractivity contribution in [3.8, 4) is 45.0 Å². The van der Waals surface area contributed by atoms with E-state index < -0.39 is 0 Å². The molecule has 234 valence electrons. The van der Waals surface area contributed by atoms with E-state index in [4.69, 9.17) is 9.97 Å². The Morgan fingerprint density at radius 3 is 1.72 bits per heavy atom. The zero-order chi connectivity index (χ0) is 33.2. The molecule has 0 fully saturated rings. The Hall–Kier alpha value is -6.16. The fraction of sp³-hybridized carbons (Fsp3) is 0.0213. The summed E-state index contributed by atoms with van der Waals surface area (Å²) in [6.45, 7) is 2.12. The van der Waals surface area contributed by atoms with Gasteiger partial charge in [-0.15, -0.1) is 11.3 Å². The van der Waals surface area contributed by atoms with Crippen LogP contribution in [0.1, 0.15) is 5.56 Å². The van der Waals surface area contributed by atoms with E-state index in [1.54, 1.807) is 0 Å². The second-order valence-electron chi connectivity index (χ2n) is 13.0. The SMILES string of the molecule is Cc1cccc(-c2cc(-c3ccccc3)nc(-c3cccc4sc5c(-c6ccc7c8ccccc8c8ccccc8c7c6)cccc5c34)n2)c1. The quantitative estimate of drug-likeness (QED) is 0.177. The van der Waals surface area contributed by atoms with Crippen molar-refractivity contribution in [2.75, 3.05) is 0 Å². The number of aromatic nitrogens is 2. The van der Waals surface area contributed by atoms with Gasteiger partial charge in [0, 0.05) is 36.9 Å². The third-order valence-electron chi connectivity index (χ3n) is 9.93. The summed E-state index contributed by atoms with van der Waals surface area (Å²) >= 11 is 1.85. The highest BCUT2D eigenvalue weighted by atomic mass is 32.1. The number of thiophene rings is 1. The number of hydrogen-bond donors (Lipinski definition) is 0. The standard InChI is InChI=1S/C47H30N2S/c1-29-12-9-15-32(26-29)43-28-42(30-13-3-2-4-14-30)48-47(49-43)40-22-11-23-44-45(40)39-21-10-20-33(46(39)50-44)31-24-25-38-36-18-6-5-16-34(36)35-17-7-8-19-37(35)41(38)27-31/h2-28H,1H3. The summed E-state index contributed by atoms with van der Waals surface area (Å²) in [6, 6.07) is 58.9. The zero-order valence-electron chi connectivity index (χ0n) is 27.4. The average Bonchev–Trinajstić information content (AvgIpc) is 3.57. The van der Waals surface area contributed by atoms with Crippen LogP contribution < -0.4 is 0 Å². The Bertz CT molecular complexity index is 2900. The van der Waals surface area contributed by atoms with Crippen LogP contribution in [0.3, 0.4) is 0 Å². The van der Waals surface area contributed by atoms with Crippen LogP contribution in [0.15, 0.2) is 164 Å². The Labute approximate surface area is 294 Å². The smallest absolute Gasteiger partial charge is 0.161 e. The topological polar surface area (TPSA) is 25.8 Å². The first-order valence-corrected chi connectivity index (χ1v) is 17.8. The van der Waals surface area contributed by atoms with E-state index in [9.17, 15) is 0 Å². The number of rotatable bonds is 4. The molecule has 10 rings (SSSR count). The van der Waals surface area contributed by atoms with E-state index >= 15 is 0 Å². The van der Waals surface area contributed by atoms with Crippen LogP contribution in [0, 0.1) is 6.92 Å². The minimum atomic E-state index is 0.739. The normalized spacial score (nSPS) is 11.7. The Morgan fingerprint density at radius 1 is 0.400 bits per heavy atom. The molecule has 3 heteroatoms. The van der Waals surface area contributed by atoms with Crippen molar-refractivity contribution in [1.82, 2.24) is 9.97 Å². The third-order valence-corrected chi connectivity index (χ3v) is 11.1. The van der Waals surface area contributed by atoms with Gasteiger partial charge in [-0.1, -0.05) is 145 Å². The lowest BCUT2D eigenvalue weighted by molar-refractivity contribution is 1.19. The molecule has 0 saturated carbocycles. The van der Waals surface area contributed by atoms with Gasteiger partial charge in [-0.25, -0.2) is 9.97 Å². The first-order chi connectivity index (χ1) is 24.7. The van der Waals surface area contributed by atoms with Gasteiger partial charge in [0.1, 0.15) is 0 Å². The van der Waals surface area contributed by atoms with Crippen molar-refractivity contribution in [2.45, 2.75) is 6.92 Å². The van der Waals surface area contributed by atoms with E-state index in [2.05, 4.69) is 165 Å². The van der Waals surface area contributed by atoms with Crippen molar-refractivity contribution in [2.24, 2.45) is 0 Å². The van der Waals surface area contributed by atoms with E-state index in [0.717, 1.165) is 33.9 Å². The molecule has 2 nitrogen and oxygen atoms in total. The molecule has 0 unspecified atom stereocenters. The molecule has 2 heterocycles. The summed E-state index contributed by atoms with van der Waals surface area (Å²) in [5.74, 6) is 0.739. The monoisotopic (exact) mass is 654 g/mol. The average molecular weight is 655 g/mol. The fourth-order valence-corrected chi connectivity index (χ4v) is 8.88. The molecular weight excluding hydrogens is 625 g/mol. The summed E-state index contributed by atoms with van der Waals surface area (Å²) in [4.78, 5) is 10.5. The van der Waals surface area contributed by atoms with Gasteiger partial charge >= 0.3 is 0 Å². The van der Waals surface area contributed by atoms with Gasteiger partial charge in [0.15, 0.2) is 5.82 Å². The maximum atomic E-state index is 5.24. The van der Waals surface area contributed by atoms with Crippen molar-refractivity contribution < 1.29 is 0 Å². The molecule has 10 aromatic rings. The lowest BCUT2D eigenvalue weighted by Gasteiger charge is -2.12. The highest BCUT2D eigenvalue weighted by molar-refractivity contribution is 7.26. The molecule has 0 spiro atoms. The van der Waals surface area contributed by atoms with Gasteiger partial charge < -0.3 is 0 Å². The van der Waals surface area contributed by atoms with Crippen LogP contribution >= 0.6 is 11.3 Å². The molecule has 0 N–H and O–H groups in total. The predicted octanol–water partition coefficient (Wildman–Crippen LogP) is 13.3. The maximum Gasteiger partial charge on any atom is 0.161 e. The molecule has 0 radical (unpaired) electrons. The molecule has 0 amide bonds. The molecule has 8 aromatic carbocycles. The fourth-order valence-electron chi connectivity index (χ4n) is 7.61. The molecule has 0 aliphatic carbocycles. The number of nitrogens with zero attached hydrogens (tertiary/aromatic N) is 2. The summed E-state index contributed by atoms with van der Waals surface area (Å²) in [5, 5.41) is 10.2. The number of hydrogen-bond acceptors (Lipinski definition) is 3. The summed E-state index contributed by atoms with van der Waals surface area (Å²) in [5.41, 5.74) is 8.73. The van der Waals surface area contributed by atoms with E-state index in [1.165, 1.54) is 69.2 Å². The lowest BCUT2D eigenvalue weighted by Crippen LogP contribution is -1.96. The largest absolute Gasteiger partial charge is 0.228 e. The van der Waals surface area contributed by atoms with Gasteiger partial charge in [-0.2, -0.15) is 0 Å². The second kappa shape index (κ2) is 11.5. The van der Waals surface area contributed by atoms with Crippen molar-refractivity contribution in [1.29, 1.82) is 0 Å². The van der Waals surface area contributed by atoms with Crippen LogP contribution in [0.4, 0.5) is 0 Å². The van der Waals surface area contributed by atoms with Crippen LogP contribution in [0.25, 0.3) is 97.5 Å². The number of benzene rings is 8. The zero-order valence-corrected chi connectivity index (χ0v) is 28.2. The highest BCUT2D eigenvalue weighted by Crippen LogP contribution is 2.45. The maximum absolute atomic E-state index is 5.24. The van der Waals surface area contributed by atoms with Crippen LogP contribution in [-0.2, 0) is 0 Å². The number of fused-ring (bicyclic) bond motifs is 9. The second-order valence-corrected chi connectivity index (χ2v) is 14.1. The minimum absolute atomic E-state index is 0.739. The van der Waals surface area contributed by atoms with Gasteiger partial charge in [0.2, 0.25) is 0 Å². The van der Waals surface area contributed by atoms with Crippen molar-refractivity contribution >= 4 is 63.8 Å². The molecule has 0 saturated heterocycles. The third kappa shape index (κ3) is 4.62. The van der Waals surface area contributed by atoms with Gasteiger partial charge in [0.25, 0.3) is 0 Å². The first-order valence-electron chi connectivity index (χ1n) is 17.0. The van der Waals surface area contributed by atoms with E-state index in [0.29, 0.717) is 0 Å². The van der Waals surface area contributed by atoms with Crippen molar-refractivity contribution in [3.63, 3.8) is 0 Å². The minimum Gasteiger partial charge on any atom is -0.228 e. The Balaban J connectivity index is 1.20. The summed E-state index contributed by atoms with van der Waals surface area (Å²) < 4.78 is 2.51. The summed E-state index contributed by atoms with van der Waals surface area (Å²) in [6.07, 6.45) is 0. The van der Waals surface area contributed by atoms with Crippen LogP contribution in [-0.4, -0.2) is 9.97 Å². The molecule has 50 heavy (non-hydrogen) atoms. The van der Waals surface area contributed by atoms with Crippen molar-refractivity contribution in [3.05, 3.63) is 169 Å². The molecule has 0 aliphatic rings. The summed E-state index contributed by atoms with van der Waals surface area (Å²) in [7, 11) is 0. The molecular formula is C47H30N2S.